The number of aromatic nitrogens is 2. The van der Waals surface area contributed by atoms with Crippen LogP contribution in [0.2, 0.25) is 0 Å². The van der Waals surface area contributed by atoms with Crippen LogP contribution >= 0.6 is 0 Å². The van der Waals surface area contributed by atoms with Crippen LogP contribution < -0.4 is 26.2 Å². The lowest BCUT2D eigenvalue weighted by Gasteiger charge is -2.46. The van der Waals surface area contributed by atoms with Gasteiger partial charge < -0.3 is 23.4 Å². The molecule has 7 heteroatoms. The second kappa shape index (κ2) is 13.4. The van der Waals surface area contributed by atoms with E-state index in [-0.39, 0.29) is 32.8 Å². The first-order valence-corrected chi connectivity index (χ1v) is 22.2. The van der Waals surface area contributed by atoms with Gasteiger partial charge in [-0.2, -0.15) is 5.26 Å². The highest BCUT2D eigenvalue weighted by molar-refractivity contribution is 7.00. The molecule has 332 valence electrons. The van der Waals surface area contributed by atoms with E-state index >= 15 is 0 Å². The highest BCUT2D eigenvalue weighted by Crippen LogP contribution is 2.53. The Morgan fingerprint density at radius 1 is 0.486 bits per heavy atom. The second-order valence-corrected chi connectivity index (χ2v) is 19.4. The fourth-order valence-corrected chi connectivity index (χ4v) is 10.2. The molecule has 12 aromatic rings. The molecule has 0 unspecified atom stereocenters. The highest BCUT2D eigenvalue weighted by Gasteiger charge is 2.47. The minimum atomic E-state index is -2.06. The van der Waals surface area contributed by atoms with Crippen molar-refractivity contribution >= 4 is 123 Å². The van der Waals surface area contributed by atoms with Crippen LogP contribution in [0.25, 0.3) is 76.9 Å². The van der Waals surface area contributed by atoms with Crippen LogP contribution in [0.1, 0.15) is 96.6 Å². The van der Waals surface area contributed by atoms with Crippen molar-refractivity contribution in [3.05, 3.63) is 186 Å². The molecule has 0 bridgehead atoms. The minimum Gasteiger partial charge on any atom is -0.454 e. The number of nitriles is 1. The summed E-state index contributed by atoms with van der Waals surface area (Å²) in [7, 11) is 0. The third-order valence-electron chi connectivity index (χ3n) is 13.3. The molecule has 9 aromatic carbocycles. The molecule has 0 aliphatic carbocycles. The van der Waals surface area contributed by atoms with Gasteiger partial charge in [-0.25, -0.2) is 0 Å². The predicted molar refractivity (Wildman–Crippen MR) is 292 cm³/mol. The fourth-order valence-electron chi connectivity index (χ4n) is 10.2. The maximum atomic E-state index is 11.5. The summed E-state index contributed by atoms with van der Waals surface area (Å²) in [5, 5.41) is 9.20. The molecular weight excluding hydrogens is 854 g/mol. The van der Waals surface area contributed by atoms with Gasteiger partial charge in [0.2, 0.25) is 0 Å². The Hall–Kier alpha value is -8.47. The largest absolute Gasteiger partial charge is 0.454 e. The first-order chi connectivity index (χ1) is 45.7. The number of furan rings is 1. The molecule has 3 aliphatic heterocycles. The standard InChI is InChI=1S/C63H46BN5O/c1-62(2,3)37-24-28-49-44(32-37)45-33-38(63(4,5)6)25-29-50(45)66(49)39-26-27-46-54(34-39)67(53-22-12-17-43-41-15-8-10-23-57(41)70-61(43)53)55-30-36(35-65)31-56-58(55)64(46)47-18-13-21-52-60(47)69(56)51-20-11-16-42-40-14-7-9-19-48(40)68(52)59(42)51/h7-34H,1-6H3/i7D,8D,9D,10D,11D,12D,13D,14D,15D,16D,17D,18D,19D,20D,21D,22D,23D,24D,25D,26D,27D,28D,29D,30D,31D,32D,33D,34D. The third-order valence-corrected chi connectivity index (χ3v) is 13.3. The van der Waals surface area contributed by atoms with Gasteiger partial charge in [0.15, 0.2) is 5.58 Å². The summed E-state index contributed by atoms with van der Waals surface area (Å²) in [6, 6.07) is -20.6. The van der Waals surface area contributed by atoms with Crippen LogP contribution in [0.4, 0.5) is 34.1 Å². The molecule has 15 rings (SSSR count). The summed E-state index contributed by atoms with van der Waals surface area (Å²) >= 11 is 0. The van der Waals surface area contributed by atoms with Crippen LogP contribution in [0, 0.1) is 11.3 Å². The molecule has 70 heavy (non-hydrogen) atoms. The fraction of sp³-hybridized carbons (Fsp3) is 0.127. The van der Waals surface area contributed by atoms with Crippen molar-refractivity contribution in [2.75, 3.05) is 9.80 Å². The van der Waals surface area contributed by atoms with E-state index in [2.05, 4.69) is 0 Å². The molecule has 6 nitrogen and oxygen atoms in total. The average molecular weight is 928 g/mol. The van der Waals surface area contributed by atoms with Crippen LogP contribution in [0.5, 0.6) is 0 Å². The molecule has 6 heterocycles. The first-order valence-electron chi connectivity index (χ1n) is 36.2. The van der Waals surface area contributed by atoms with Crippen molar-refractivity contribution in [2.45, 2.75) is 52.4 Å². The summed E-state index contributed by atoms with van der Waals surface area (Å²) in [5.41, 5.74) is -12.8. The lowest BCUT2D eigenvalue weighted by Crippen LogP contribution is -2.61. The lowest BCUT2D eigenvalue weighted by molar-refractivity contribution is 0.590. The summed E-state index contributed by atoms with van der Waals surface area (Å²) in [4.78, 5) is 1.91. The van der Waals surface area contributed by atoms with Crippen molar-refractivity contribution in [1.82, 2.24) is 9.13 Å². The smallest absolute Gasteiger partial charge is 0.252 e. The van der Waals surface area contributed by atoms with E-state index < -0.39 is 298 Å². The summed E-state index contributed by atoms with van der Waals surface area (Å²) in [5.74, 6) is 0. The van der Waals surface area contributed by atoms with Crippen molar-refractivity contribution in [1.29, 1.82) is 5.26 Å². The minimum absolute atomic E-state index is 0.00451. The van der Waals surface area contributed by atoms with Crippen molar-refractivity contribution < 1.29 is 42.8 Å². The Kier molecular flexibility index (Phi) is 4.03. The number of nitrogens with zero attached hydrogens (tertiary/aromatic N) is 5. The van der Waals surface area contributed by atoms with E-state index in [4.69, 9.17) is 11.3 Å². The number of fused-ring (bicyclic) bond motifs is 15. The zero-order chi connectivity index (χ0) is 71.5. The Balaban J connectivity index is 1.24. The van der Waals surface area contributed by atoms with E-state index in [0.29, 0.717) is 0 Å². The Morgan fingerprint density at radius 3 is 1.83 bits per heavy atom. The van der Waals surface area contributed by atoms with Crippen LogP contribution in [0.3, 0.4) is 0 Å². The second-order valence-electron chi connectivity index (χ2n) is 19.4. The number of rotatable bonds is 2. The van der Waals surface area contributed by atoms with Gasteiger partial charge in [-0.3, -0.25) is 0 Å². The number of anilines is 6. The molecule has 0 fully saturated rings. The van der Waals surface area contributed by atoms with E-state index in [1.165, 1.54) is 0 Å². The maximum absolute atomic E-state index is 11.5. The molecule has 3 aromatic heterocycles. The Morgan fingerprint density at radius 2 is 1.10 bits per heavy atom. The molecule has 0 radical (unpaired) electrons. The van der Waals surface area contributed by atoms with Crippen molar-refractivity contribution in [3.8, 4) is 17.4 Å². The topological polar surface area (TPSA) is 53.3 Å². The lowest BCUT2D eigenvalue weighted by atomic mass is 9.33. The number of para-hydroxylation sites is 5. The molecule has 3 aliphatic rings. The molecule has 0 N–H and O–H groups in total. The van der Waals surface area contributed by atoms with Gasteiger partial charge >= 0.3 is 0 Å². The quantitative estimate of drug-likeness (QED) is 0.162. The number of hydrogen-bond acceptors (Lipinski definition) is 4. The zero-order valence-electron chi connectivity index (χ0n) is 65.7. The Labute approximate surface area is 445 Å². The van der Waals surface area contributed by atoms with Gasteiger partial charge in [0.25, 0.3) is 6.71 Å². The van der Waals surface area contributed by atoms with Crippen LogP contribution in [0.15, 0.2) is 174 Å². The van der Waals surface area contributed by atoms with Gasteiger partial charge in [-0.05, 0) is 117 Å². The first kappa shape index (κ1) is 21.0. The van der Waals surface area contributed by atoms with E-state index in [0.717, 1.165) is 18.9 Å². The van der Waals surface area contributed by atoms with Gasteiger partial charge in [0, 0.05) is 55.1 Å². The average Bonchev–Trinajstić information content (AvgIpc) is 1.20. The van der Waals surface area contributed by atoms with Crippen LogP contribution in [-0.4, -0.2) is 15.8 Å². The van der Waals surface area contributed by atoms with E-state index in [1.54, 1.807) is 41.5 Å². The summed E-state index contributed by atoms with van der Waals surface area (Å²) in [6.45, 7) is 8.05. The number of hydrogen-bond donors (Lipinski definition) is 0. The molecule has 0 saturated carbocycles. The molecule has 0 atom stereocenters. The van der Waals surface area contributed by atoms with Crippen molar-refractivity contribution in [3.63, 3.8) is 0 Å². The van der Waals surface area contributed by atoms with E-state index in [1.807, 2.05) is 6.07 Å². The summed E-state index contributed by atoms with van der Waals surface area (Å²) < 4.78 is 280. The van der Waals surface area contributed by atoms with E-state index in [9.17, 15) is 36.8 Å². The van der Waals surface area contributed by atoms with Crippen molar-refractivity contribution in [2.24, 2.45) is 0 Å². The SMILES string of the molecule is [2H]c1c([2H])c2c3c(c1[2H])-n1c4c([2H])c([2H])c([2H])c([2H])c4c4c([2H])c([2H])c([2H])c(c41)N3c1c([2H])c(C#N)c([2H])c3c1B2c1c([2H])c([2H])c(-n2c4c([2H])c([2H])c(C(C)(C)C)c([2H])c4c4c([2H])c(C(C)(C)C)c([2H])c([2H])c42)c([2H])c1N3c1c([2H])c([2H])c([2H])c2c1oc1c([2H])c([2H])c([2H])c([2H])c12. The Bertz CT molecular complexity index is 5960. The van der Waals surface area contributed by atoms with Gasteiger partial charge in [0.05, 0.1) is 94.8 Å². The molecule has 0 saturated heterocycles. The van der Waals surface area contributed by atoms with Crippen LogP contribution in [-0.2, 0) is 10.8 Å². The number of benzene rings is 9. The monoisotopic (exact) mass is 928 g/mol. The van der Waals surface area contributed by atoms with Gasteiger partial charge in [0.1, 0.15) is 5.58 Å². The normalized spacial score (nSPS) is 19.4. The van der Waals surface area contributed by atoms with Gasteiger partial charge in [-0.1, -0.05) is 132 Å². The van der Waals surface area contributed by atoms with Gasteiger partial charge in [-0.15, -0.1) is 0 Å². The molecule has 0 amide bonds. The molecule has 0 spiro atoms. The predicted octanol–water partition coefficient (Wildman–Crippen LogP) is 14.6. The highest BCUT2D eigenvalue weighted by atomic mass is 16.3. The summed E-state index contributed by atoms with van der Waals surface area (Å²) in [6.07, 6.45) is 0. The zero-order valence-corrected chi connectivity index (χ0v) is 37.7. The maximum Gasteiger partial charge on any atom is 0.252 e. The third kappa shape index (κ3) is 5.07. The molecular formula is C63H46BN5O.